The van der Waals surface area contributed by atoms with E-state index in [2.05, 4.69) is 5.32 Å². The molecule has 1 saturated heterocycles. The Labute approximate surface area is 154 Å². The predicted molar refractivity (Wildman–Crippen MR) is 99.0 cm³/mol. The highest BCUT2D eigenvalue weighted by Crippen LogP contribution is 2.46. The molecule has 0 bridgehead atoms. The molecule has 1 spiro atoms. The summed E-state index contributed by atoms with van der Waals surface area (Å²) in [6.07, 6.45) is 6.39. The summed E-state index contributed by atoms with van der Waals surface area (Å²) >= 11 is 0. The van der Waals surface area contributed by atoms with E-state index in [1.165, 1.54) is 6.42 Å². The summed E-state index contributed by atoms with van der Waals surface area (Å²) in [7, 11) is -2.99. The number of rotatable bonds is 1. The third-order valence-corrected chi connectivity index (χ3v) is 7.50. The quantitative estimate of drug-likeness (QED) is 0.815. The fraction of sp³-hybridized carbons (Fsp3) is 0.632. The summed E-state index contributed by atoms with van der Waals surface area (Å²) in [5.74, 6) is 0.968. The van der Waals surface area contributed by atoms with Crippen molar-refractivity contribution in [2.24, 2.45) is 0 Å². The first-order chi connectivity index (χ1) is 12.5. The molecule has 0 unspecified atom stereocenters. The van der Waals surface area contributed by atoms with Crippen LogP contribution in [0.2, 0.25) is 0 Å². The van der Waals surface area contributed by atoms with Crippen LogP contribution in [0.4, 0.5) is 4.79 Å². The Balaban J connectivity index is 1.52. The highest BCUT2D eigenvalue weighted by Gasteiger charge is 2.42. The molecule has 1 saturated carbocycles. The smallest absolute Gasteiger partial charge is 0.317 e. The molecular weight excluding hydrogens is 352 g/mol. The van der Waals surface area contributed by atoms with E-state index in [1.54, 1.807) is 4.90 Å². The highest BCUT2D eigenvalue weighted by molar-refractivity contribution is 7.91. The maximum Gasteiger partial charge on any atom is 0.317 e. The van der Waals surface area contributed by atoms with Crippen molar-refractivity contribution in [3.05, 3.63) is 29.8 Å². The lowest BCUT2D eigenvalue weighted by atomic mass is 9.77. The van der Waals surface area contributed by atoms with Crippen LogP contribution >= 0.6 is 0 Å². The number of benzene rings is 1. The van der Waals surface area contributed by atoms with Crippen LogP contribution in [0.1, 0.15) is 50.1 Å². The van der Waals surface area contributed by atoms with Crippen molar-refractivity contribution < 1.29 is 17.9 Å². The minimum atomic E-state index is -2.99. The number of urea groups is 1. The van der Waals surface area contributed by atoms with Gasteiger partial charge in [0.15, 0.2) is 9.84 Å². The zero-order valence-corrected chi connectivity index (χ0v) is 15.8. The fourth-order valence-corrected chi connectivity index (χ4v) is 5.61. The van der Waals surface area contributed by atoms with Gasteiger partial charge in [-0.3, -0.25) is 0 Å². The average molecular weight is 378 g/mol. The van der Waals surface area contributed by atoms with Gasteiger partial charge in [0.05, 0.1) is 17.5 Å². The number of hydrogen-bond acceptors (Lipinski definition) is 4. The Morgan fingerprint density at radius 1 is 1.12 bits per heavy atom. The van der Waals surface area contributed by atoms with E-state index in [-0.39, 0.29) is 42.3 Å². The summed E-state index contributed by atoms with van der Waals surface area (Å²) in [5.41, 5.74) is 0.831. The number of carbonyl (C=O) groups excluding carboxylic acids is 1. The molecule has 4 rings (SSSR count). The summed E-state index contributed by atoms with van der Waals surface area (Å²) in [4.78, 5) is 14.4. The zero-order chi connectivity index (χ0) is 18.2. The first kappa shape index (κ1) is 17.6. The summed E-state index contributed by atoms with van der Waals surface area (Å²) < 4.78 is 29.6. The first-order valence-corrected chi connectivity index (χ1v) is 11.3. The van der Waals surface area contributed by atoms with Crippen molar-refractivity contribution in [3.63, 3.8) is 0 Å². The highest BCUT2D eigenvalue weighted by atomic mass is 32.2. The van der Waals surface area contributed by atoms with Gasteiger partial charge in [-0.15, -0.1) is 0 Å². The van der Waals surface area contributed by atoms with Gasteiger partial charge in [-0.2, -0.15) is 0 Å². The first-order valence-electron chi connectivity index (χ1n) is 9.50. The van der Waals surface area contributed by atoms with Crippen molar-refractivity contribution in [2.75, 3.05) is 24.6 Å². The molecule has 26 heavy (non-hydrogen) atoms. The number of sulfone groups is 1. The maximum atomic E-state index is 12.7. The molecule has 2 aliphatic heterocycles. The van der Waals surface area contributed by atoms with Gasteiger partial charge in [0.25, 0.3) is 0 Å². The van der Waals surface area contributed by atoms with Crippen LogP contribution in [0.5, 0.6) is 5.75 Å². The van der Waals surface area contributed by atoms with Crippen molar-refractivity contribution in [3.8, 4) is 5.75 Å². The van der Waals surface area contributed by atoms with Gasteiger partial charge in [-0.05, 0) is 31.7 Å². The second-order valence-corrected chi connectivity index (χ2v) is 10.0. The number of para-hydroxylation sites is 1. The summed E-state index contributed by atoms with van der Waals surface area (Å²) in [6, 6.07) is 7.66. The predicted octanol–water partition coefficient (Wildman–Crippen LogP) is 2.65. The van der Waals surface area contributed by atoms with E-state index in [1.807, 2.05) is 24.3 Å². The van der Waals surface area contributed by atoms with E-state index in [9.17, 15) is 13.2 Å². The third kappa shape index (κ3) is 3.54. The number of nitrogens with zero attached hydrogens (tertiary/aromatic N) is 1. The van der Waals surface area contributed by atoms with Gasteiger partial charge in [0, 0.05) is 25.1 Å². The number of fused-ring (bicyclic) bond motifs is 1. The monoisotopic (exact) mass is 378 g/mol. The number of amides is 2. The Hall–Kier alpha value is -1.76. The topological polar surface area (TPSA) is 75.7 Å². The molecule has 2 heterocycles. The van der Waals surface area contributed by atoms with Gasteiger partial charge in [-0.1, -0.05) is 24.6 Å². The molecule has 2 fully saturated rings. The van der Waals surface area contributed by atoms with Gasteiger partial charge < -0.3 is 15.0 Å². The number of ether oxygens (including phenoxy) is 1. The molecule has 1 N–H and O–H groups in total. The molecule has 1 atom stereocenters. The van der Waals surface area contributed by atoms with E-state index in [0.717, 1.165) is 43.4 Å². The molecule has 6 nitrogen and oxygen atoms in total. The lowest BCUT2D eigenvalue weighted by molar-refractivity contribution is -0.00170. The van der Waals surface area contributed by atoms with Crippen LogP contribution in [-0.4, -0.2) is 49.5 Å². The van der Waals surface area contributed by atoms with Crippen molar-refractivity contribution in [2.45, 2.75) is 50.2 Å². The zero-order valence-electron chi connectivity index (χ0n) is 14.9. The molecule has 0 aromatic heterocycles. The lowest BCUT2D eigenvalue weighted by Crippen LogP contribution is -2.51. The minimum absolute atomic E-state index is 0.0503. The molecule has 2 amide bonds. The molecule has 7 heteroatoms. The van der Waals surface area contributed by atoms with Crippen LogP contribution in [0.15, 0.2) is 24.3 Å². The Morgan fingerprint density at radius 3 is 2.54 bits per heavy atom. The van der Waals surface area contributed by atoms with Gasteiger partial charge in [-0.25, -0.2) is 13.2 Å². The Bertz CT molecular complexity index is 772. The SMILES string of the molecule is O=C(N[C@@H]1CC2(CCCCC2)Oc2ccccc21)N1CCS(=O)(=O)CC1. The van der Waals surface area contributed by atoms with Crippen molar-refractivity contribution in [1.29, 1.82) is 0 Å². The molecular formula is C19H26N2O4S. The molecule has 1 aliphatic carbocycles. The van der Waals surface area contributed by atoms with E-state index >= 15 is 0 Å². The number of carbonyl (C=O) groups is 1. The normalized spacial score (nSPS) is 26.6. The second-order valence-electron chi connectivity index (χ2n) is 7.73. The van der Waals surface area contributed by atoms with Crippen LogP contribution in [0.3, 0.4) is 0 Å². The molecule has 1 aromatic rings. The minimum Gasteiger partial charge on any atom is -0.487 e. The fourth-order valence-electron chi connectivity index (χ4n) is 4.41. The van der Waals surface area contributed by atoms with Crippen LogP contribution in [0.25, 0.3) is 0 Å². The number of hydrogen-bond donors (Lipinski definition) is 1. The van der Waals surface area contributed by atoms with Crippen LogP contribution in [-0.2, 0) is 9.84 Å². The third-order valence-electron chi connectivity index (χ3n) is 5.89. The van der Waals surface area contributed by atoms with Crippen LogP contribution in [0, 0.1) is 0 Å². The second kappa shape index (κ2) is 6.76. The Kier molecular flexibility index (Phi) is 4.59. The van der Waals surface area contributed by atoms with Gasteiger partial charge in [0.2, 0.25) is 0 Å². The largest absolute Gasteiger partial charge is 0.487 e. The molecule has 0 radical (unpaired) electrons. The van der Waals surface area contributed by atoms with Gasteiger partial charge >= 0.3 is 6.03 Å². The van der Waals surface area contributed by atoms with Crippen molar-refractivity contribution >= 4 is 15.9 Å². The summed E-state index contributed by atoms with van der Waals surface area (Å²) in [6.45, 7) is 0.536. The molecule has 142 valence electrons. The lowest BCUT2D eigenvalue weighted by Gasteiger charge is -2.45. The van der Waals surface area contributed by atoms with E-state index in [4.69, 9.17) is 4.74 Å². The Morgan fingerprint density at radius 2 is 1.81 bits per heavy atom. The standard InChI is InChI=1S/C19H26N2O4S/c22-18(21-10-12-26(23,24)13-11-21)20-16-14-19(8-4-1-5-9-19)25-17-7-3-2-6-15(16)17/h2-3,6-7,16H,1,4-5,8-14H2,(H,20,22)/t16-/m1/s1. The summed E-state index contributed by atoms with van der Waals surface area (Å²) in [5, 5.41) is 3.16. The average Bonchev–Trinajstić information content (AvgIpc) is 2.62. The maximum absolute atomic E-state index is 12.7. The number of nitrogens with one attached hydrogen (secondary N) is 1. The molecule has 3 aliphatic rings. The van der Waals surface area contributed by atoms with Crippen LogP contribution < -0.4 is 10.1 Å². The van der Waals surface area contributed by atoms with E-state index < -0.39 is 9.84 Å². The van der Waals surface area contributed by atoms with Gasteiger partial charge in [0.1, 0.15) is 11.4 Å². The van der Waals surface area contributed by atoms with Crippen molar-refractivity contribution in [1.82, 2.24) is 10.2 Å². The molecule has 1 aromatic carbocycles. The van der Waals surface area contributed by atoms with E-state index in [0.29, 0.717) is 0 Å².